The van der Waals surface area contributed by atoms with Gasteiger partial charge in [-0.3, -0.25) is 0 Å². The minimum absolute atomic E-state index is 0.0374. The van der Waals surface area contributed by atoms with Crippen LogP contribution in [0.2, 0.25) is 0 Å². The topological polar surface area (TPSA) is 12.0 Å². The Kier molecular flexibility index (Phi) is 3.48. The molecule has 3 heteroatoms. The van der Waals surface area contributed by atoms with E-state index >= 15 is 0 Å². The molecule has 0 saturated carbocycles. The maximum atomic E-state index is 14.2. The molecule has 1 N–H and O–H groups in total. The van der Waals surface area contributed by atoms with Crippen LogP contribution in [0.5, 0.6) is 0 Å². The number of halogens is 2. The van der Waals surface area contributed by atoms with Gasteiger partial charge in [-0.1, -0.05) is 17.7 Å². The van der Waals surface area contributed by atoms with Gasteiger partial charge < -0.3 is 5.32 Å². The van der Waals surface area contributed by atoms with Crippen LogP contribution in [0.4, 0.5) is 8.78 Å². The van der Waals surface area contributed by atoms with Gasteiger partial charge in [0.25, 0.3) is 5.92 Å². The Labute approximate surface area is 101 Å². The molecule has 1 aliphatic rings. The summed E-state index contributed by atoms with van der Waals surface area (Å²) >= 11 is 0. The lowest BCUT2D eigenvalue weighted by Gasteiger charge is -2.22. The van der Waals surface area contributed by atoms with Crippen molar-refractivity contribution in [2.24, 2.45) is 5.92 Å². The molecule has 94 valence electrons. The largest absolute Gasteiger partial charge is 0.316 e. The molecule has 1 aliphatic heterocycles. The number of benzene rings is 1. The normalized spacial score (nSPS) is 20.8. The summed E-state index contributed by atoms with van der Waals surface area (Å²) in [6, 6.07) is 5.29. The second-order valence-corrected chi connectivity index (χ2v) is 5.09. The monoisotopic (exact) mass is 239 g/mol. The van der Waals surface area contributed by atoms with Crippen LogP contribution in [0, 0.1) is 19.8 Å². The van der Waals surface area contributed by atoms with Crippen molar-refractivity contribution in [3.8, 4) is 0 Å². The molecule has 1 fully saturated rings. The Morgan fingerprint density at radius 3 is 2.76 bits per heavy atom. The molecule has 0 bridgehead atoms. The lowest BCUT2D eigenvalue weighted by Crippen LogP contribution is -2.21. The average molecular weight is 239 g/mol. The van der Waals surface area contributed by atoms with Gasteiger partial charge in [0.2, 0.25) is 0 Å². The van der Waals surface area contributed by atoms with Crippen LogP contribution in [0.15, 0.2) is 18.2 Å². The summed E-state index contributed by atoms with van der Waals surface area (Å²) in [5.41, 5.74) is 1.78. The van der Waals surface area contributed by atoms with Crippen molar-refractivity contribution < 1.29 is 8.78 Å². The van der Waals surface area contributed by atoms with Crippen LogP contribution < -0.4 is 5.32 Å². The Bertz CT molecular complexity index is 395. The first kappa shape index (κ1) is 12.5. The van der Waals surface area contributed by atoms with Crippen molar-refractivity contribution in [1.29, 1.82) is 0 Å². The number of rotatable bonds is 3. The first-order valence-corrected chi connectivity index (χ1v) is 6.15. The standard InChI is InChI=1S/C14H19F2N/c1-10-3-4-11(2)13(7-10)14(15,16)8-12-5-6-17-9-12/h3-4,7,12,17H,5-6,8-9H2,1-2H3. The van der Waals surface area contributed by atoms with Crippen molar-refractivity contribution in [2.75, 3.05) is 13.1 Å². The third-order valence-corrected chi connectivity index (χ3v) is 3.49. The van der Waals surface area contributed by atoms with Gasteiger partial charge in [-0.25, -0.2) is 8.78 Å². The highest BCUT2D eigenvalue weighted by Crippen LogP contribution is 2.38. The van der Waals surface area contributed by atoms with Crippen molar-refractivity contribution in [2.45, 2.75) is 32.6 Å². The SMILES string of the molecule is Cc1ccc(C)c(C(F)(F)CC2CCNC2)c1. The molecule has 1 saturated heterocycles. The zero-order chi connectivity index (χ0) is 12.5. The van der Waals surface area contributed by atoms with E-state index in [0.717, 1.165) is 25.1 Å². The Hall–Kier alpha value is -0.960. The van der Waals surface area contributed by atoms with E-state index < -0.39 is 5.92 Å². The molecule has 2 rings (SSSR count). The smallest absolute Gasteiger partial charge is 0.273 e. The van der Waals surface area contributed by atoms with Crippen molar-refractivity contribution in [3.63, 3.8) is 0 Å². The van der Waals surface area contributed by atoms with Gasteiger partial charge in [-0.2, -0.15) is 0 Å². The third-order valence-electron chi connectivity index (χ3n) is 3.49. The predicted octanol–water partition coefficient (Wildman–Crippen LogP) is 3.39. The molecule has 1 unspecified atom stereocenters. The third kappa shape index (κ3) is 2.83. The van der Waals surface area contributed by atoms with E-state index in [1.54, 1.807) is 19.1 Å². The molecule has 17 heavy (non-hydrogen) atoms. The van der Waals surface area contributed by atoms with Crippen molar-refractivity contribution in [3.05, 3.63) is 34.9 Å². The Balaban J connectivity index is 2.20. The molecule has 0 aromatic heterocycles. The van der Waals surface area contributed by atoms with Gasteiger partial charge in [-0.05, 0) is 50.9 Å². The molecule has 1 atom stereocenters. The summed E-state index contributed by atoms with van der Waals surface area (Å²) in [5.74, 6) is -2.60. The van der Waals surface area contributed by atoms with Crippen LogP contribution in [-0.4, -0.2) is 13.1 Å². The van der Waals surface area contributed by atoms with Gasteiger partial charge in [0.1, 0.15) is 0 Å². The van der Waals surface area contributed by atoms with Gasteiger partial charge in [0.05, 0.1) is 0 Å². The second kappa shape index (κ2) is 4.73. The molecular formula is C14H19F2N. The zero-order valence-corrected chi connectivity index (χ0v) is 10.4. The number of nitrogens with one attached hydrogen (secondary N) is 1. The van der Waals surface area contributed by atoms with Gasteiger partial charge in [-0.15, -0.1) is 0 Å². The highest BCUT2D eigenvalue weighted by atomic mass is 19.3. The lowest BCUT2D eigenvalue weighted by molar-refractivity contribution is -0.0274. The first-order valence-electron chi connectivity index (χ1n) is 6.15. The molecule has 1 nitrogen and oxygen atoms in total. The highest BCUT2D eigenvalue weighted by molar-refractivity contribution is 5.33. The van der Waals surface area contributed by atoms with E-state index in [4.69, 9.17) is 0 Å². The summed E-state index contributed by atoms with van der Waals surface area (Å²) in [7, 11) is 0. The fourth-order valence-corrected chi connectivity index (χ4v) is 2.49. The number of alkyl halides is 2. The first-order chi connectivity index (χ1) is 7.99. The van der Waals surface area contributed by atoms with Gasteiger partial charge >= 0.3 is 0 Å². The van der Waals surface area contributed by atoms with E-state index in [-0.39, 0.29) is 17.9 Å². The average Bonchev–Trinajstić information content (AvgIpc) is 2.73. The molecule has 0 amide bonds. The summed E-state index contributed by atoms with van der Waals surface area (Å²) in [6.07, 6.45) is 0.824. The van der Waals surface area contributed by atoms with Crippen molar-refractivity contribution >= 4 is 0 Å². The molecular weight excluding hydrogens is 220 g/mol. The van der Waals surface area contributed by atoms with Gasteiger partial charge in [0, 0.05) is 12.0 Å². The van der Waals surface area contributed by atoms with E-state index in [2.05, 4.69) is 5.32 Å². The predicted molar refractivity (Wildman–Crippen MR) is 65.4 cm³/mol. The maximum Gasteiger partial charge on any atom is 0.273 e. The van der Waals surface area contributed by atoms with Crippen LogP contribution in [0.25, 0.3) is 0 Å². The van der Waals surface area contributed by atoms with E-state index in [1.165, 1.54) is 0 Å². The number of hydrogen-bond donors (Lipinski definition) is 1. The van der Waals surface area contributed by atoms with E-state index in [1.807, 2.05) is 13.0 Å². The van der Waals surface area contributed by atoms with Crippen molar-refractivity contribution in [1.82, 2.24) is 5.32 Å². The second-order valence-electron chi connectivity index (χ2n) is 5.09. The van der Waals surface area contributed by atoms with Crippen LogP contribution in [-0.2, 0) is 5.92 Å². The minimum Gasteiger partial charge on any atom is -0.316 e. The molecule has 0 aliphatic carbocycles. The molecule has 1 heterocycles. The summed E-state index contributed by atoms with van der Waals surface area (Å²) in [4.78, 5) is 0. The quantitative estimate of drug-likeness (QED) is 0.852. The molecule has 0 radical (unpaired) electrons. The minimum atomic E-state index is -2.70. The Morgan fingerprint density at radius 2 is 2.12 bits per heavy atom. The summed E-state index contributed by atoms with van der Waals surface area (Å²) in [6.45, 7) is 5.21. The summed E-state index contributed by atoms with van der Waals surface area (Å²) < 4.78 is 28.4. The molecule has 0 spiro atoms. The maximum absolute atomic E-state index is 14.2. The number of hydrogen-bond acceptors (Lipinski definition) is 1. The Morgan fingerprint density at radius 1 is 1.35 bits per heavy atom. The van der Waals surface area contributed by atoms with Gasteiger partial charge in [0.15, 0.2) is 0 Å². The summed E-state index contributed by atoms with van der Waals surface area (Å²) in [5, 5.41) is 3.14. The van der Waals surface area contributed by atoms with Crippen LogP contribution in [0.3, 0.4) is 0 Å². The highest BCUT2D eigenvalue weighted by Gasteiger charge is 2.36. The molecule has 1 aromatic rings. The van der Waals surface area contributed by atoms with Crippen LogP contribution >= 0.6 is 0 Å². The zero-order valence-electron chi connectivity index (χ0n) is 10.4. The fraction of sp³-hybridized carbons (Fsp3) is 0.571. The number of aryl methyl sites for hydroxylation is 2. The van der Waals surface area contributed by atoms with E-state index in [9.17, 15) is 8.78 Å². The lowest BCUT2D eigenvalue weighted by atomic mass is 9.92. The van der Waals surface area contributed by atoms with Crippen LogP contribution in [0.1, 0.15) is 29.5 Å². The fourth-order valence-electron chi connectivity index (χ4n) is 2.49. The van der Waals surface area contributed by atoms with E-state index in [0.29, 0.717) is 5.56 Å². The molecule has 1 aromatic carbocycles.